The first-order valence-corrected chi connectivity index (χ1v) is 18.9. The molecule has 4 aromatic rings. The second-order valence-electron chi connectivity index (χ2n) is 13.2. The van der Waals surface area contributed by atoms with Gasteiger partial charge in [0, 0.05) is 27.6 Å². The molecule has 3 aromatic carbocycles. The number of thioether (sulfide) groups is 1. The summed E-state index contributed by atoms with van der Waals surface area (Å²) in [5.74, 6) is -1.05. The predicted molar refractivity (Wildman–Crippen MR) is 212 cm³/mol. The van der Waals surface area contributed by atoms with Crippen molar-refractivity contribution in [2.75, 3.05) is 44.3 Å². The van der Waals surface area contributed by atoms with Crippen molar-refractivity contribution in [1.82, 2.24) is 10.2 Å². The molecule has 288 valence electrons. The van der Waals surface area contributed by atoms with E-state index in [-0.39, 0.29) is 29.5 Å². The zero-order chi connectivity index (χ0) is 39.7. The topological polar surface area (TPSA) is 162 Å². The molecule has 0 saturated carbocycles. The Hall–Kier alpha value is -5.80. The predicted octanol–water partition coefficient (Wildman–Crippen LogP) is 6.99. The monoisotopic (exact) mass is 786 g/mol. The summed E-state index contributed by atoms with van der Waals surface area (Å²) in [5.41, 5.74) is 1.72. The van der Waals surface area contributed by atoms with Crippen LogP contribution in [0.2, 0.25) is 0 Å². The number of methoxy groups -OCH3 is 3. The van der Waals surface area contributed by atoms with E-state index in [0.29, 0.717) is 51.2 Å². The van der Waals surface area contributed by atoms with Crippen molar-refractivity contribution in [2.24, 2.45) is 0 Å². The van der Waals surface area contributed by atoms with Gasteiger partial charge >= 0.3 is 12.1 Å². The molecule has 15 heteroatoms. The maximum absolute atomic E-state index is 13.7. The van der Waals surface area contributed by atoms with Gasteiger partial charge in [0.25, 0.3) is 11.8 Å². The Bertz CT molecular complexity index is 2110. The van der Waals surface area contributed by atoms with E-state index in [1.165, 1.54) is 50.5 Å². The Balaban J connectivity index is 1.28. The zero-order valence-electron chi connectivity index (χ0n) is 31.3. The molecular formula is C40H42N4O9S2. The third kappa shape index (κ3) is 10.7. The number of benzene rings is 3. The van der Waals surface area contributed by atoms with Crippen LogP contribution < -0.4 is 25.4 Å². The number of amides is 4. The van der Waals surface area contributed by atoms with Crippen molar-refractivity contribution in [3.8, 4) is 11.5 Å². The largest absolute Gasteiger partial charge is 0.493 e. The molecule has 0 aliphatic carbocycles. The Morgan fingerprint density at radius 2 is 1.64 bits per heavy atom. The summed E-state index contributed by atoms with van der Waals surface area (Å²) >= 11 is 2.45. The van der Waals surface area contributed by atoms with E-state index in [4.69, 9.17) is 18.9 Å². The van der Waals surface area contributed by atoms with Crippen molar-refractivity contribution >= 4 is 69.6 Å². The fourth-order valence-electron chi connectivity index (χ4n) is 5.52. The van der Waals surface area contributed by atoms with Gasteiger partial charge in [0.1, 0.15) is 16.3 Å². The van der Waals surface area contributed by atoms with Gasteiger partial charge in [-0.3, -0.25) is 14.4 Å². The lowest BCUT2D eigenvalue weighted by Gasteiger charge is -2.30. The van der Waals surface area contributed by atoms with Gasteiger partial charge in [0.15, 0.2) is 11.5 Å². The van der Waals surface area contributed by atoms with Crippen LogP contribution in [0.4, 0.5) is 15.5 Å². The Kier molecular flexibility index (Phi) is 13.2. The average Bonchev–Trinajstić information content (AvgIpc) is 3.53. The van der Waals surface area contributed by atoms with Crippen LogP contribution in [0.25, 0.3) is 6.08 Å². The molecule has 1 aliphatic rings. The first-order chi connectivity index (χ1) is 26.3. The number of nitrogens with zero attached hydrogens (tertiary/aromatic N) is 1. The molecule has 0 saturated heterocycles. The number of anilines is 2. The molecule has 1 aromatic heterocycles. The van der Waals surface area contributed by atoms with Crippen molar-refractivity contribution < 1.29 is 42.9 Å². The fourth-order valence-corrected chi connectivity index (χ4v) is 7.54. The summed E-state index contributed by atoms with van der Waals surface area (Å²) in [6.07, 6.45) is 1.48. The van der Waals surface area contributed by atoms with Crippen LogP contribution in [0.15, 0.2) is 83.4 Å². The molecule has 0 unspecified atom stereocenters. The van der Waals surface area contributed by atoms with Crippen LogP contribution in [0.3, 0.4) is 0 Å². The lowest BCUT2D eigenvalue weighted by Crippen LogP contribution is -2.39. The van der Waals surface area contributed by atoms with E-state index in [1.54, 1.807) is 98.5 Å². The second-order valence-corrected chi connectivity index (χ2v) is 15.3. The fraction of sp³-hybridized carbons (Fsp3) is 0.275. The number of thiophene rings is 1. The molecule has 0 bridgehead atoms. The minimum Gasteiger partial charge on any atom is -0.493 e. The van der Waals surface area contributed by atoms with Gasteiger partial charge in [0.2, 0.25) is 5.91 Å². The number of hydrogen-bond donors (Lipinski definition) is 3. The summed E-state index contributed by atoms with van der Waals surface area (Å²) in [7, 11) is 4.30. The van der Waals surface area contributed by atoms with Crippen molar-refractivity contribution in [1.29, 1.82) is 0 Å². The molecular weight excluding hydrogens is 745 g/mol. The number of carbonyl (C=O) groups is 5. The third-order valence-electron chi connectivity index (χ3n) is 8.06. The maximum atomic E-state index is 13.7. The number of esters is 1. The quantitative estimate of drug-likeness (QED) is 0.0776. The van der Waals surface area contributed by atoms with Gasteiger partial charge in [-0.1, -0.05) is 30.3 Å². The number of fused-ring (bicyclic) bond motifs is 1. The smallest absolute Gasteiger partial charge is 0.410 e. The van der Waals surface area contributed by atoms with Crippen LogP contribution in [0, 0.1) is 0 Å². The molecule has 0 atom stereocenters. The summed E-state index contributed by atoms with van der Waals surface area (Å²) in [6.45, 7) is 5.98. The van der Waals surface area contributed by atoms with Crippen LogP contribution in [0.1, 0.15) is 57.5 Å². The van der Waals surface area contributed by atoms with E-state index in [1.807, 2.05) is 0 Å². The van der Waals surface area contributed by atoms with E-state index in [2.05, 4.69) is 16.0 Å². The average molecular weight is 787 g/mol. The van der Waals surface area contributed by atoms with Crippen molar-refractivity contribution in [2.45, 2.75) is 44.2 Å². The van der Waals surface area contributed by atoms with Crippen LogP contribution in [0.5, 0.6) is 11.5 Å². The van der Waals surface area contributed by atoms with Gasteiger partial charge in [-0.15, -0.1) is 23.1 Å². The van der Waals surface area contributed by atoms with Gasteiger partial charge in [-0.25, -0.2) is 9.59 Å². The van der Waals surface area contributed by atoms with Crippen molar-refractivity contribution in [3.05, 3.63) is 106 Å². The standard InChI is InChI=1S/C40H42N4O9S2/c1-40(2,3)53-39(49)44-18-17-28-32(22-44)55-37(34(28)38(48)52-6)43-33(45)23-54-27-14-10-13-26(21-27)41-36(47)29(42-35(46)25-11-8-7-9-12-25)19-24-15-16-30(50-4)31(20-24)51-5/h7-16,19-21H,17-18,22-23H2,1-6H3,(H,41,47)(H,42,46)(H,43,45)/b29-19+. The molecule has 2 heterocycles. The van der Waals surface area contributed by atoms with Gasteiger partial charge in [-0.05, 0) is 86.9 Å². The van der Waals surface area contributed by atoms with E-state index >= 15 is 0 Å². The highest BCUT2D eigenvalue weighted by molar-refractivity contribution is 8.00. The molecule has 4 amide bonds. The van der Waals surface area contributed by atoms with E-state index in [9.17, 15) is 24.0 Å². The summed E-state index contributed by atoms with van der Waals surface area (Å²) in [5, 5.41) is 8.76. The highest BCUT2D eigenvalue weighted by atomic mass is 32.2. The minimum absolute atomic E-state index is 0.0117. The zero-order valence-corrected chi connectivity index (χ0v) is 32.9. The van der Waals surface area contributed by atoms with Gasteiger partial charge < -0.3 is 39.8 Å². The molecule has 0 radical (unpaired) electrons. The number of rotatable bonds is 12. The minimum atomic E-state index is -0.654. The summed E-state index contributed by atoms with van der Waals surface area (Å²) in [4.78, 5) is 68.6. The van der Waals surface area contributed by atoms with Gasteiger partial charge in [-0.2, -0.15) is 0 Å². The second kappa shape index (κ2) is 18.0. The molecule has 55 heavy (non-hydrogen) atoms. The normalized spacial score (nSPS) is 12.5. The molecule has 5 rings (SSSR count). The van der Waals surface area contributed by atoms with E-state index < -0.39 is 29.5 Å². The first kappa shape index (κ1) is 40.4. The summed E-state index contributed by atoms with van der Waals surface area (Å²) in [6, 6.07) is 20.5. The van der Waals surface area contributed by atoms with Crippen molar-refractivity contribution in [3.63, 3.8) is 0 Å². The van der Waals surface area contributed by atoms with Crippen LogP contribution >= 0.6 is 23.1 Å². The lowest BCUT2D eigenvalue weighted by atomic mass is 10.0. The summed E-state index contributed by atoms with van der Waals surface area (Å²) < 4.78 is 21.3. The number of carbonyl (C=O) groups excluding carboxylic acids is 5. The van der Waals surface area contributed by atoms with Crippen LogP contribution in [-0.4, -0.2) is 73.9 Å². The molecule has 0 fully saturated rings. The Morgan fingerprint density at radius 3 is 2.33 bits per heavy atom. The Morgan fingerprint density at radius 1 is 0.891 bits per heavy atom. The highest BCUT2D eigenvalue weighted by Crippen LogP contribution is 2.38. The number of hydrogen-bond acceptors (Lipinski definition) is 11. The molecule has 13 nitrogen and oxygen atoms in total. The molecule has 1 aliphatic heterocycles. The molecule has 3 N–H and O–H groups in total. The van der Waals surface area contributed by atoms with Gasteiger partial charge in [0.05, 0.1) is 39.2 Å². The highest BCUT2D eigenvalue weighted by Gasteiger charge is 2.32. The lowest BCUT2D eigenvalue weighted by molar-refractivity contribution is -0.114. The van der Waals surface area contributed by atoms with Crippen LogP contribution in [-0.2, 0) is 32.0 Å². The first-order valence-electron chi connectivity index (χ1n) is 17.1. The SMILES string of the molecule is COC(=O)c1c(NC(=O)CSc2cccc(NC(=O)/C(=C\c3ccc(OC)c(OC)c3)NC(=O)c3ccccc3)c2)sc2c1CCN(C(=O)OC(C)(C)C)C2. The number of nitrogens with one attached hydrogen (secondary N) is 3. The van der Waals surface area contributed by atoms with E-state index in [0.717, 1.165) is 10.4 Å². The molecule has 0 spiro atoms. The Labute approximate surface area is 327 Å². The maximum Gasteiger partial charge on any atom is 0.410 e. The number of ether oxygens (including phenoxy) is 4. The third-order valence-corrected chi connectivity index (χ3v) is 10.2.